The highest BCUT2D eigenvalue weighted by Gasteiger charge is 2.22. The van der Waals surface area contributed by atoms with Gasteiger partial charge in [-0.15, -0.1) is 0 Å². The van der Waals surface area contributed by atoms with Crippen molar-refractivity contribution in [3.05, 3.63) is 66.0 Å². The molecule has 0 spiro atoms. The maximum absolute atomic E-state index is 13.0. The van der Waals surface area contributed by atoms with Crippen LogP contribution in [0.2, 0.25) is 0 Å². The van der Waals surface area contributed by atoms with E-state index < -0.39 is 0 Å². The van der Waals surface area contributed by atoms with Gasteiger partial charge >= 0.3 is 0 Å². The van der Waals surface area contributed by atoms with Crippen LogP contribution in [0.15, 0.2) is 49.2 Å². The number of nitrogens with zero attached hydrogens (tertiary/aromatic N) is 6. The summed E-state index contributed by atoms with van der Waals surface area (Å²) in [4.78, 5) is 27.7. The number of carbonyl (C=O) groups excluding carboxylic acids is 1. The van der Waals surface area contributed by atoms with Crippen LogP contribution in [-0.2, 0) is 17.9 Å². The molecule has 0 bridgehead atoms. The molecule has 3 aromatic heterocycles. The van der Waals surface area contributed by atoms with Gasteiger partial charge in [0.1, 0.15) is 19.2 Å². The van der Waals surface area contributed by atoms with E-state index >= 15 is 0 Å². The Morgan fingerprint density at radius 2 is 2.11 bits per heavy atom. The minimum absolute atomic E-state index is 0.0980. The Labute approximate surface area is 160 Å². The first-order chi connectivity index (χ1) is 13.1. The molecular weight excluding hydrogens is 360 g/mol. The summed E-state index contributed by atoms with van der Waals surface area (Å²) in [6.07, 6.45) is 4.67. The second kappa shape index (κ2) is 7.24. The summed E-state index contributed by atoms with van der Waals surface area (Å²) < 4.78 is 2.57. The molecule has 0 radical (unpaired) electrons. The predicted molar refractivity (Wildman–Crippen MR) is 105 cm³/mol. The van der Waals surface area contributed by atoms with Crippen LogP contribution in [0.25, 0.3) is 10.2 Å². The minimum Gasteiger partial charge on any atom is -0.280 e. The fourth-order valence-electron chi connectivity index (χ4n) is 2.78. The molecule has 1 aromatic carbocycles. The molecule has 27 heavy (non-hydrogen) atoms. The Balaban J connectivity index is 1.72. The van der Waals surface area contributed by atoms with E-state index in [4.69, 9.17) is 4.98 Å². The molecule has 4 rings (SSSR count). The first kappa shape index (κ1) is 17.3. The van der Waals surface area contributed by atoms with E-state index in [0.29, 0.717) is 11.7 Å². The number of aryl methyl sites for hydroxylation is 2. The summed E-state index contributed by atoms with van der Waals surface area (Å²) in [5, 5.41) is 4.69. The van der Waals surface area contributed by atoms with Crippen LogP contribution >= 0.6 is 11.3 Å². The molecule has 0 saturated heterocycles. The lowest BCUT2D eigenvalue weighted by molar-refractivity contribution is -0.119. The number of carbonyl (C=O) groups is 1. The van der Waals surface area contributed by atoms with E-state index in [1.165, 1.54) is 34.2 Å². The lowest BCUT2D eigenvalue weighted by Gasteiger charge is -2.19. The van der Waals surface area contributed by atoms with Crippen molar-refractivity contribution in [3.8, 4) is 0 Å². The molecule has 3 heterocycles. The molecule has 0 atom stereocenters. The van der Waals surface area contributed by atoms with Gasteiger partial charge < -0.3 is 0 Å². The van der Waals surface area contributed by atoms with Gasteiger partial charge in [-0.2, -0.15) is 5.10 Å². The van der Waals surface area contributed by atoms with Gasteiger partial charge in [0, 0.05) is 6.20 Å². The number of thiazole rings is 1. The second-order valence-electron chi connectivity index (χ2n) is 6.24. The molecule has 0 aliphatic rings. The molecule has 7 nitrogen and oxygen atoms in total. The van der Waals surface area contributed by atoms with Crippen molar-refractivity contribution in [1.82, 2.24) is 24.7 Å². The number of rotatable bonds is 5. The Kier molecular flexibility index (Phi) is 4.64. The zero-order chi connectivity index (χ0) is 18.8. The summed E-state index contributed by atoms with van der Waals surface area (Å²) in [6, 6.07) is 9.81. The van der Waals surface area contributed by atoms with E-state index in [1.54, 1.807) is 11.1 Å². The first-order valence-corrected chi connectivity index (χ1v) is 9.33. The molecule has 8 heteroatoms. The van der Waals surface area contributed by atoms with Crippen LogP contribution in [0.3, 0.4) is 0 Å². The summed E-state index contributed by atoms with van der Waals surface area (Å²) >= 11 is 1.51. The number of pyridine rings is 1. The van der Waals surface area contributed by atoms with Crippen molar-refractivity contribution in [2.75, 3.05) is 4.90 Å². The van der Waals surface area contributed by atoms with E-state index in [0.717, 1.165) is 21.5 Å². The average Bonchev–Trinajstić information content (AvgIpc) is 3.33. The third kappa shape index (κ3) is 3.56. The Hall–Kier alpha value is -3.13. The van der Waals surface area contributed by atoms with Crippen molar-refractivity contribution in [2.45, 2.75) is 26.9 Å². The lowest BCUT2D eigenvalue weighted by Crippen LogP contribution is -2.33. The van der Waals surface area contributed by atoms with Gasteiger partial charge in [-0.1, -0.05) is 23.5 Å². The quantitative estimate of drug-likeness (QED) is 0.533. The molecule has 0 aliphatic carbocycles. The molecule has 136 valence electrons. The van der Waals surface area contributed by atoms with Gasteiger partial charge in [0.15, 0.2) is 5.13 Å². The molecule has 1 amide bonds. The number of anilines is 1. The van der Waals surface area contributed by atoms with Crippen LogP contribution in [-0.4, -0.2) is 30.6 Å². The van der Waals surface area contributed by atoms with Gasteiger partial charge in [0.2, 0.25) is 0 Å². The van der Waals surface area contributed by atoms with E-state index in [9.17, 15) is 4.79 Å². The van der Waals surface area contributed by atoms with Crippen LogP contribution in [0.4, 0.5) is 5.13 Å². The average molecular weight is 378 g/mol. The van der Waals surface area contributed by atoms with Crippen molar-refractivity contribution < 1.29 is 4.79 Å². The van der Waals surface area contributed by atoms with Gasteiger partial charge in [-0.3, -0.25) is 14.7 Å². The van der Waals surface area contributed by atoms with E-state index in [1.807, 2.05) is 18.2 Å². The smallest absolute Gasteiger partial charge is 0.250 e. The SMILES string of the molecule is Cc1ccc2sc(N(Cc3ccccn3)C(=O)Cn3cncn3)nc2c1C. The fourth-order valence-corrected chi connectivity index (χ4v) is 3.83. The maximum Gasteiger partial charge on any atom is 0.250 e. The van der Waals surface area contributed by atoms with Crippen LogP contribution in [0.5, 0.6) is 0 Å². The van der Waals surface area contributed by atoms with E-state index in [-0.39, 0.29) is 12.5 Å². The standard InChI is InChI=1S/C19H18N6OS/c1-13-6-7-16-18(14(13)2)23-19(27-16)25(9-15-5-3-4-8-21-15)17(26)10-24-12-20-11-22-24/h3-8,11-12H,9-10H2,1-2H3. The van der Waals surface area contributed by atoms with Crippen molar-refractivity contribution in [1.29, 1.82) is 0 Å². The summed E-state index contributed by atoms with van der Waals surface area (Å²) in [7, 11) is 0. The summed E-state index contributed by atoms with van der Waals surface area (Å²) in [5.74, 6) is -0.111. The van der Waals surface area contributed by atoms with Crippen molar-refractivity contribution in [3.63, 3.8) is 0 Å². The Bertz CT molecular complexity index is 1070. The van der Waals surface area contributed by atoms with Gasteiger partial charge in [0.25, 0.3) is 5.91 Å². The molecule has 0 unspecified atom stereocenters. The molecule has 0 fully saturated rings. The normalized spacial score (nSPS) is 11.0. The zero-order valence-corrected chi connectivity index (χ0v) is 15.8. The largest absolute Gasteiger partial charge is 0.280 e. The summed E-state index contributed by atoms with van der Waals surface area (Å²) in [5.41, 5.74) is 4.06. The molecule has 0 aliphatic heterocycles. The summed E-state index contributed by atoms with van der Waals surface area (Å²) in [6.45, 7) is 4.57. The molecule has 0 N–H and O–H groups in total. The fraction of sp³-hybridized carbons (Fsp3) is 0.211. The number of amides is 1. The maximum atomic E-state index is 13.0. The third-order valence-electron chi connectivity index (χ3n) is 4.42. The van der Waals surface area contributed by atoms with Gasteiger partial charge in [-0.25, -0.2) is 14.6 Å². The second-order valence-corrected chi connectivity index (χ2v) is 7.25. The highest BCUT2D eigenvalue weighted by atomic mass is 32.1. The predicted octanol–water partition coefficient (Wildman–Crippen LogP) is 3.13. The van der Waals surface area contributed by atoms with Gasteiger partial charge in [0.05, 0.1) is 22.5 Å². The van der Waals surface area contributed by atoms with Gasteiger partial charge in [-0.05, 0) is 43.2 Å². The highest BCUT2D eigenvalue weighted by molar-refractivity contribution is 7.22. The minimum atomic E-state index is -0.111. The molecular formula is C19H18N6OS. The number of aromatic nitrogens is 5. The molecule has 0 saturated carbocycles. The molecule has 4 aromatic rings. The van der Waals surface area contributed by atoms with E-state index in [2.05, 4.69) is 41.0 Å². The zero-order valence-electron chi connectivity index (χ0n) is 15.0. The van der Waals surface area contributed by atoms with Crippen LogP contribution in [0, 0.1) is 13.8 Å². The van der Waals surface area contributed by atoms with Crippen molar-refractivity contribution in [2.24, 2.45) is 0 Å². The monoisotopic (exact) mass is 378 g/mol. The van der Waals surface area contributed by atoms with Crippen LogP contribution < -0.4 is 4.90 Å². The topological polar surface area (TPSA) is 76.8 Å². The Morgan fingerprint density at radius 1 is 1.22 bits per heavy atom. The Morgan fingerprint density at radius 3 is 2.85 bits per heavy atom. The third-order valence-corrected chi connectivity index (χ3v) is 5.46. The number of hydrogen-bond donors (Lipinski definition) is 0. The highest BCUT2D eigenvalue weighted by Crippen LogP contribution is 2.32. The van der Waals surface area contributed by atoms with Crippen molar-refractivity contribution >= 4 is 32.6 Å². The number of hydrogen-bond acceptors (Lipinski definition) is 6. The number of fused-ring (bicyclic) bond motifs is 1. The lowest BCUT2D eigenvalue weighted by atomic mass is 10.1. The van der Waals surface area contributed by atoms with Crippen LogP contribution in [0.1, 0.15) is 16.8 Å². The first-order valence-electron chi connectivity index (χ1n) is 8.51. The number of benzene rings is 1.